The summed E-state index contributed by atoms with van der Waals surface area (Å²) in [5.74, 6) is 0. The van der Waals surface area contributed by atoms with Crippen molar-refractivity contribution in [1.29, 1.82) is 0 Å². The number of carbonyl (C=O) groups is 1. The average molecular weight is 238 g/mol. The van der Waals surface area contributed by atoms with Crippen LogP contribution >= 0.6 is 15.9 Å². The molecule has 0 radical (unpaired) electrons. The molecule has 1 amide bonds. The summed E-state index contributed by atoms with van der Waals surface area (Å²) < 4.78 is 4.58. The van der Waals surface area contributed by atoms with Crippen LogP contribution in [0.2, 0.25) is 0 Å². The van der Waals surface area contributed by atoms with Gasteiger partial charge in [0.2, 0.25) is 0 Å². The van der Waals surface area contributed by atoms with Gasteiger partial charge in [-0.2, -0.15) is 0 Å². The van der Waals surface area contributed by atoms with E-state index in [1.807, 2.05) is 0 Å². The smallest absolute Gasteiger partial charge is 0.404 e. The van der Waals surface area contributed by atoms with Gasteiger partial charge in [0.05, 0.1) is 6.61 Å². The van der Waals surface area contributed by atoms with Gasteiger partial charge in [-0.25, -0.2) is 4.79 Å². The van der Waals surface area contributed by atoms with Crippen LogP contribution in [0.4, 0.5) is 4.79 Å². The minimum Gasteiger partial charge on any atom is -0.450 e. The quantitative estimate of drug-likeness (QED) is 0.547. The molecule has 0 unspecified atom stereocenters. The Kier molecular flexibility index (Phi) is 8.66. The van der Waals surface area contributed by atoms with Crippen molar-refractivity contribution in [3.8, 4) is 0 Å². The molecular weight excluding hydrogens is 222 g/mol. The molecule has 0 aromatic rings. The zero-order valence-electron chi connectivity index (χ0n) is 7.22. The summed E-state index contributed by atoms with van der Waals surface area (Å²) in [6.07, 6.45) is 5.02. The second kappa shape index (κ2) is 8.84. The second-order valence-electron chi connectivity index (χ2n) is 2.62. The van der Waals surface area contributed by atoms with Crippen LogP contribution < -0.4 is 5.73 Å². The van der Waals surface area contributed by atoms with E-state index in [1.54, 1.807) is 0 Å². The SMILES string of the molecule is NC(=O)OCCCCCCCBr. The molecule has 0 spiro atoms. The first kappa shape index (κ1) is 11.8. The standard InChI is InChI=1S/C8H16BrNO2/c9-6-4-2-1-3-5-7-12-8(10)11/h1-7H2,(H2,10,11). The van der Waals surface area contributed by atoms with Crippen LogP contribution in [-0.2, 0) is 4.74 Å². The number of ether oxygens (including phenoxy) is 1. The van der Waals surface area contributed by atoms with Crippen molar-refractivity contribution < 1.29 is 9.53 Å². The Morgan fingerprint density at radius 3 is 2.33 bits per heavy atom. The molecule has 0 bridgehead atoms. The molecule has 0 atom stereocenters. The van der Waals surface area contributed by atoms with Crippen LogP contribution in [0, 0.1) is 0 Å². The van der Waals surface area contributed by atoms with Gasteiger partial charge in [0.15, 0.2) is 0 Å². The molecule has 0 saturated heterocycles. The van der Waals surface area contributed by atoms with E-state index in [2.05, 4.69) is 20.7 Å². The third-order valence-electron chi connectivity index (χ3n) is 1.52. The third kappa shape index (κ3) is 9.75. The van der Waals surface area contributed by atoms with E-state index in [1.165, 1.54) is 19.3 Å². The van der Waals surface area contributed by atoms with E-state index in [4.69, 9.17) is 5.73 Å². The van der Waals surface area contributed by atoms with Crippen molar-refractivity contribution in [1.82, 2.24) is 0 Å². The van der Waals surface area contributed by atoms with Gasteiger partial charge in [-0.1, -0.05) is 35.2 Å². The number of rotatable bonds is 7. The second-order valence-corrected chi connectivity index (χ2v) is 3.42. The number of nitrogens with two attached hydrogens (primary N) is 1. The molecule has 0 aliphatic rings. The summed E-state index contributed by atoms with van der Waals surface area (Å²) in [5.41, 5.74) is 4.79. The van der Waals surface area contributed by atoms with Crippen molar-refractivity contribution >= 4 is 22.0 Å². The highest BCUT2D eigenvalue weighted by Gasteiger charge is 1.93. The molecule has 0 fully saturated rings. The van der Waals surface area contributed by atoms with Crippen molar-refractivity contribution in [2.24, 2.45) is 5.73 Å². The van der Waals surface area contributed by atoms with Crippen LogP contribution in [0.5, 0.6) is 0 Å². The lowest BCUT2D eigenvalue weighted by Crippen LogP contribution is -2.13. The summed E-state index contributed by atoms with van der Waals surface area (Å²) in [7, 11) is 0. The lowest BCUT2D eigenvalue weighted by molar-refractivity contribution is 0.154. The largest absolute Gasteiger partial charge is 0.450 e. The zero-order valence-corrected chi connectivity index (χ0v) is 8.81. The van der Waals surface area contributed by atoms with Crippen molar-refractivity contribution in [3.05, 3.63) is 0 Å². The molecule has 0 rings (SSSR count). The van der Waals surface area contributed by atoms with Crippen LogP contribution in [0.25, 0.3) is 0 Å². The molecule has 0 aromatic carbocycles. The molecule has 0 saturated carbocycles. The first-order valence-electron chi connectivity index (χ1n) is 4.25. The van der Waals surface area contributed by atoms with E-state index in [9.17, 15) is 4.79 Å². The Hall–Kier alpha value is -0.250. The number of hydrogen-bond acceptors (Lipinski definition) is 2. The lowest BCUT2D eigenvalue weighted by Gasteiger charge is -2.00. The summed E-state index contributed by atoms with van der Waals surface area (Å²) in [4.78, 5) is 10.1. The number of hydrogen-bond donors (Lipinski definition) is 1. The number of halogens is 1. The van der Waals surface area contributed by atoms with Gasteiger partial charge >= 0.3 is 6.09 Å². The van der Waals surface area contributed by atoms with Gasteiger partial charge < -0.3 is 10.5 Å². The minimum atomic E-state index is -0.671. The van der Waals surface area contributed by atoms with Gasteiger partial charge in [0, 0.05) is 5.33 Å². The van der Waals surface area contributed by atoms with E-state index in [-0.39, 0.29) is 0 Å². The molecule has 0 aliphatic carbocycles. The average Bonchev–Trinajstić information content (AvgIpc) is 2.02. The molecule has 72 valence electrons. The monoisotopic (exact) mass is 237 g/mol. The number of amides is 1. The van der Waals surface area contributed by atoms with Crippen molar-refractivity contribution in [2.75, 3.05) is 11.9 Å². The van der Waals surface area contributed by atoms with Crippen molar-refractivity contribution in [2.45, 2.75) is 32.1 Å². The van der Waals surface area contributed by atoms with Crippen LogP contribution in [0.1, 0.15) is 32.1 Å². The highest BCUT2D eigenvalue weighted by molar-refractivity contribution is 9.09. The Morgan fingerprint density at radius 2 is 1.75 bits per heavy atom. The first-order valence-corrected chi connectivity index (χ1v) is 5.37. The van der Waals surface area contributed by atoms with E-state index < -0.39 is 6.09 Å². The molecule has 0 aliphatic heterocycles. The fourth-order valence-corrected chi connectivity index (χ4v) is 1.30. The lowest BCUT2D eigenvalue weighted by atomic mass is 10.2. The van der Waals surface area contributed by atoms with E-state index in [0.717, 1.165) is 18.2 Å². The zero-order chi connectivity index (χ0) is 9.23. The summed E-state index contributed by atoms with van der Waals surface area (Å²) in [6, 6.07) is 0. The Morgan fingerprint density at radius 1 is 1.17 bits per heavy atom. The highest BCUT2D eigenvalue weighted by Crippen LogP contribution is 2.04. The highest BCUT2D eigenvalue weighted by atomic mass is 79.9. The number of primary amides is 1. The normalized spacial score (nSPS) is 9.75. The summed E-state index contributed by atoms with van der Waals surface area (Å²) >= 11 is 3.37. The number of carbonyl (C=O) groups excluding carboxylic acids is 1. The number of alkyl halides is 1. The third-order valence-corrected chi connectivity index (χ3v) is 2.08. The molecule has 0 heterocycles. The van der Waals surface area contributed by atoms with Gasteiger partial charge in [-0.15, -0.1) is 0 Å². The van der Waals surface area contributed by atoms with E-state index >= 15 is 0 Å². The van der Waals surface area contributed by atoms with Crippen molar-refractivity contribution in [3.63, 3.8) is 0 Å². The Balaban J connectivity index is 2.86. The maximum absolute atomic E-state index is 10.1. The Labute approximate surface area is 81.8 Å². The van der Waals surface area contributed by atoms with Gasteiger partial charge in [0.25, 0.3) is 0 Å². The predicted molar refractivity (Wildman–Crippen MR) is 52.4 cm³/mol. The van der Waals surface area contributed by atoms with Crippen LogP contribution in [0.15, 0.2) is 0 Å². The minimum absolute atomic E-state index is 0.462. The molecule has 12 heavy (non-hydrogen) atoms. The maximum atomic E-state index is 10.1. The van der Waals surface area contributed by atoms with E-state index in [0.29, 0.717) is 6.61 Å². The topological polar surface area (TPSA) is 52.3 Å². The van der Waals surface area contributed by atoms with Crippen LogP contribution in [-0.4, -0.2) is 18.0 Å². The summed E-state index contributed by atoms with van der Waals surface area (Å²) in [5, 5.41) is 1.07. The first-order chi connectivity index (χ1) is 5.77. The molecule has 4 heteroatoms. The van der Waals surface area contributed by atoms with Gasteiger partial charge in [0.1, 0.15) is 0 Å². The predicted octanol–water partition coefficient (Wildman–Crippen LogP) is 2.43. The van der Waals surface area contributed by atoms with Crippen LogP contribution in [0.3, 0.4) is 0 Å². The number of unbranched alkanes of at least 4 members (excludes halogenated alkanes) is 4. The molecule has 0 aromatic heterocycles. The molecular formula is C8H16BrNO2. The molecule has 3 nitrogen and oxygen atoms in total. The van der Waals surface area contributed by atoms with Gasteiger partial charge in [-0.05, 0) is 12.8 Å². The molecule has 2 N–H and O–H groups in total. The maximum Gasteiger partial charge on any atom is 0.404 e. The van der Waals surface area contributed by atoms with Gasteiger partial charge in [-0.3, -0.25) is 0 Å². The Bertz CT molecular complexity index is 120. The summed E-state index contributed by atoms with van der Waals surface area (Å²) in [6.45, 7) is 0.462. The fourth-order valence-electron chi connectivity index (χ4n) is 0.900. The fraction of sp³-hybridized carbons (Fsp3) is 0.875.